The molecule has 0 radical (unpaired) electrons. The SMILES string of the molecule is O=C(NC1CCCCCCC1)[C@@H]1CC(=O)N(c2ccc3c(c2)OCCO3)C1. The summed E-state index contributed by atoms with van der Waals surface area (Å²) in [6.45, 7) is 1.48. The molecule has 6 nitrogen and oxygen atoms in total. The molecule has 27 heavy (non-hydrogen) atoms. The van der Waals surface area contributed by atoms with Gasteiger partial charge in [-0.25, -0.2) is 0 Å². The highest BCUT2D eigenvalue weighted by Crippen LogP contribution is 2.36. The molecule has 3 aliphatic rings. The lowest BCUT2D eigenvalue weighted by Gasteiger charge is -2.23. The normalized spacial score (nSPS) is 23.6. The molecule has 1 saturated heterocycles. The summed E-state index contributed by atoms with van der Waals surface area (Å²) in [5.74, 6) is 1.10. The van der Waals surface area contributed by atoms with Gasteiger partial charge >= 0.3 is 0 Å². The average Bonchev–Trinajstić information content (AvgIpc) is 3.05. The summed E-state index contributed by atoms with van der Waals surface area (Å²) in [7, 11) is 0. The molecule has 6 heteroatoms. The number of hydrogen-bond acceptors (Lipinski definition) is 4. The molecule has 4 rings (SSSR count). The van der Waals surface area contributed by atoms with E-state index >= 15 is 0 Å². The van der Waals surface area contributed by atoms with Crippen LogP contribution in [0.3, 0.4) is 0 Å². The highest BCUT2D eigenvalue weighted by Gasteiger charge is 2.36. The van der Waals surface area contributed by atoms with Crippen LogP contribution < -0.4 is 19.7 Å². The van der Waals surface area contributed by atoms with Crippen LogP contribution in [0.25, 0.3) is 0 Å². The summed E-state index contributed by atoms with van der Waals surface area (Å²) in [6.07, 6.45) is 8.56. The van der Waals surface area contributed by atoms with E-state index in [4.69, 9.17) is 9.47 Å². The van der Waals surface area contributed by atoms with Crippen molar-refractivity contribution in [2.45, 2.75) is 57.4 Å². The molecule has 0 unspecified atom stereocenters. The summed E-state index contributed by atoms with van der Waals surface area (Å²) < 4.78 is 11.2. The molecule has 2 aliphatic heterocycles. The highest BCUT2D eigenvalue weighted by atomic mass is 16.6. The molecule has 146 valence electrons. The molecule has 2 heterocycles. The minimum Gasteiger partial charge on any atom is -0.486 e. The van der Waals surface area contributed by atoms with E-state index in [0.29, 0.717) is 31.3 Å². The number of anilines is 1. The second-order valence-corrected chi connectivity index (χ2v) is 7.78. The minimum atomic E-state index is -0.281. The maximum atomic E-state index is 12.7. The van der Waals surface area contributed by atoms with Crippen LogP contribution in [0.1, 0.15) is 51.4 Å². The number of ether oxygens (including phenoxy) is 2. The van der Waals surface area contributed by atoms with Gasteiger partial charge in [0.15, 0.2) is 11.5 Å². The third-order valence-electron chi connectivity index (χ3n) is 5.78. The Bertz CT molecular complexity index is 697. The number of benzene rings is 1. The third kappa shape index (κ3) is 4.20. The van der Waals surface area contributed by atoms with Crippen LogP contribution in [0.4, 0.5) is 5.69 Å². The number of amides is 2. The summed E-state index contributed by atoms with van der Waals surface area (Å²) in [4.78, 5) is 27.0. The maximum Gasteiger partial charge on any atom is 0.227 e. The van der Waals surface area contributed by atoms with Crippen molar-refractivity contribution in [3.05, 3.63) is 18.2 Å². The Kier molecular flexibility index (Phi) is 5.50. The van der Waals surface area contributed by atoms with E-state index < -0.39 is 0 Å². The first-order valence-corrected chi connectivity index (χ1v) is 10.2. The van der Waals surface area contributed by atoms with Crippen molar-refractivity contribution >= 4 is 17.5 Å². The standard InChI is InChI=1S/C21H28N2O4/c24-20-12-15(21(25)22-16-6-4-2-1-3-5-7-16)14-23(20)17-8-9-18-19(13-17)27-11-10-26-18/h8-9,13,15-16H,1-7,10-12,14H2,(H,22,25)/t15-/m1/s1. The Morgan fingerprint density at radius 3 is 2.48 bits per heavy atom. The lowest BCUT2D eigenvalue weighted by atomic mass is 9.96. The van der Waals surface area contributed by atoms with Gasteiger partial charge in [-0.2, -0.15) is 0 Å². The van der Waals surface area contributed by atoms with E-state index in [1.807, 2.05) is 18.2 Å². The number of fused-ring (bicyclic) bond motifs is 1. The van der Waals surface area contributed by atoms with Crippen LogP contribution >= 0.6 is 0 Å². The van der Waals surface area contributed by atoms with Crippen LogP contribution in [-0.4, -0.2) is 37.6 Å². The molecule has 2 fully saturated rings. The first-order chi connectivity index (χ1) is 13.2. The molecule has 1 N–H and O–H groups in total. The molecule has 1 aromatic carbocycles. The van der Waals surface area contributed by atoms with Crippen molar-refractivity contribution in [3.63, 3.8) is 0 Å². The van der Waals surface area contributed by atoms with E-state index in [-0.39, 0.29) is 30.2 Å². The molecule has 1 saturated carbocycles. The van der Waals surface area contributed by atoms with Crippen LogP contribution in [0.5, 0.6) is 11.5 Å². The second-order valence-electron chi connectivity index (χ2n) is 7.78. The fraction of sp³-hybridized carbons (Fsp3) is 0.619. The third-order valence-corrected chi connectivity index (χ3v) is 5.78. The van der Waals surface area contributed by atoms with Gasteiger partial charge in [0.05, 0.1) is 5.92 Å². The molecule has 2 amide bonds. The number of rotatable bonds is 3. The second kappa shape index (κ2) is 8.19. The summed E-state index contributed by atoms with van der Waals surface area (Å²) in [6, 6.07) is 5.79. The Labute approximate surface area is 160 Å². The van der Waals surface area contributed by atoms with Gasteiger partial charge in [-0.1, -0.05) is 32.1 Å². The molecule has 1 aliphatic carbocycles. The Morgan fingerprint density at radius 1 is 1.00 bits per heavy atom. The van der Waals surface area contributed by atoms with Gasteiger partial charge in [0.2, 0.25) is 11.8 Å². The molecule has 1 aromatic rings. The minimum absolute atomic E-state index is 0.00973. The average molecular weight is 372 g/mol. The van der Waals surface area contributed by atoms with Crippen LogP contribution in [-0.2, 0) is 9.59 Å². The van der Waals surface area contributed by atoms with E-state index in [2.05, 4.69) is 5.32 Å². The van der Waals surface area contributed by atoms with Gasteiger partial charge in [0.25, 0.3) is 0 Å². The van der Waals surface area contributed by atoms with E-state index in [1.165, 1.54) is 32.1 Å². The van der Waals surface area contributed by atoms with Gasteiger partial charge in [-0.05, 0) is 25.0 Å². The molecule has 0 bridgehead atoms. The van der Waals surface area contributed by atoms with E-state index in [1.54, 1.807) is 4.90 Å². The van der Waals surface area contributed by atoms with Crippen LogP contribution in [0, 0.1) is 5.92 Å². The molecule has 0 spiro atoms. The van der Waals surface area contributed by atoms with Gasteiger partial charge in [-0.3, -0.25) is 9.59 Å². The number of carbonyl (C=O) groups excluding carboxylic acids is 2. The van der Waals surface area contributed by atoms with Crippen molar-refractivity contribution in [1.82, 2.24) is 5.32 Å². The van der Waals surface area contributed by atoms with Gasteiger partial charge < -0.3 is 19.7 Å². The maximum absolute atomic E-state index is 12.7. The molecular formula is C21H28N2O4. The van der Waals surface area contributed by atoms with Crippen LogP contribution in [0.15, 0.2) is 18.2 Å². The first kappa shape index (κ1) is 18.1. The predicted molar refractivity (Wildman–Crippen MR) is 102 cm³/mol. The Morgan fingerprint density at radius 2 is 1.70 bits per heavy atom. The Hall–Kier alpha value is -2.24. The largest absolute Gasteiger partial charge is 0.486 e. The number of nitrogens with zero attached hydrogens (tertiary/aromatic N) is 1. The summed E-state index contributed by atoms with van der Waals surface area (Å²) in [5.41, 5.74) is 0.769. The van der Waals surface area contributed by atoms with Gasteiger partial charge in [-0.15, -0.1) is 0 Å². The van der Waals surface area contributed by atoms with Gasteiger partial charge in [0.1, 0.15) is 13.2 Å². The number of nitrogens with one attached hydrogen (secondary N) is 1. The van der Waals surface area contributed by atoms with Crippen molar-refractivity contribution in [2.24, 2.45) is 5.92 Å². The number of carbonyl (C=O) groups is 2. The molecule has 0 aromatic heterocycles. The Balaban J connectivity index is 1.39. The summed E-state index contributed by atoms with van der Waals surface area (Å²) in [5, 5.41) is 3.21. The lowest BCUT2D eigenvalue weighted by Crippen LogP contribution is -2.40. The fourth-order valence-electron chi connectivity index (χ4n) is 4.25. The van der Waals surface area contributed by atoms with E-state index in [0.717, 1.165) is 18.5 Å². The first-order valence-electron chi connectivity index (χ1n) is 10.2. The van der Waals surface area contributed by atoms with Crippen molar-refractivity contribution in [2.75, 3.05) is 24.7 Å². The molecular weight excluding hydrogens is 344 g/mol. The summed E-state index contributed by atoms with van der Waals surface area (Å²) >= 11 is 0. The lowest BCUT2D eigenvalue weighted by molar-refractivity contribution is -0.127. The van der Waals surface area contributed by atoms with Crippen LogP contribution in [0.2, 0.25) is 0 Å². The highest BCUT2D eigenvalue weighted by molar-refractivity contribution is 6.00. The van der Waals surface area contributed by atoms with Crippen molar-refractivity contribution in [3.8, 4) is 11.5 Å². The van der Waals surface area contributed by atoms with Crippen molar-refractivity contribution in [1.29, 1.82) is 0 Å². The van der Waals surface area contributed by atoms with E-state index in [9.17, 15) is 9.59 Å². The zero-order valence-electron chi connectivity index (χ0n) is 15.7. The zero-order chi connectivity index (χ0) is 18.6. The zero-order valence-corrected chi connectivity index (χ0v) is 15.7. The smallest absolute Gasteiger partial charge is 0.227 e. The predicted octanol–water partition coefficient (Wildman–Crippen LogP) is 3.04. The molecule has 1 atom stereocenters. The quantitative estimate of drug-likeness (QED) is 0.886. The van der Waals surface area contributed by atoms with Crippen molar-refractivity contribution < 1.29 is 19.1 Å². The number of hydrogen-bond donors (Lipinski definition) is 1. The fourth-order valence-corrected chi connectivity index (χ4v) is 4.25. The van der Waals surface area contributed by atoms with Gasteiger partial charge in [0, 0.05) is 30.8 Å². The topological polar surface area (TPSA) is 67.9 Å². The monoisotopic (exact) mass is 372 g/mol.